The highest BCUT2D eigenvalue weighted by Gasteiger charge is 2.25. The molecule has 7 nitrogen and oxygen atoms in total. The summed E-state index contributed by atoms with van der Waals surface area (Å²) in [5, 5.41) is 15.7. The number of aromatic nitrogens is 3. The minimum atomic E-state index is -0.695. The second kappa shape index (κ2) is 9.30. The maximum Gasteiger partial charge on any atom is 0.306 e. The van der Waals surface area contributed by atoms with Gasteiger partial charge in [-0.1, -0.05) is 6.07 Å². The standard InChI is InChI=1S/C24H26FN5O2/c1-14-9-18(11-20(10-14)30-24-27-13-21(25)15(2)28-24)17-5-8-22(26-12-17)29-19-6-3-16(4-7-19)23(31)32/h5,8-13,16,19H,3-4,6-7H2,1-2H3,(H,26,29)(H,31,32)(H,27,28,30)/t16-,19-. The molecule has 1 saturated carbocycles. The minimum absolute atomic E-state index is 0.225. The third-order valence-corrected chi connectivity index (χ3v) is 5.78. The lowest BCUT2D eigenvalue weighted by Gasteiger charge is -2.27. The molecule has 0 unspecified atom stereocenters. The molecular weight excluding hydrogens is 409 g/mol. The van der Waals surface area contributed by atoms with Crippen LogP contribution in [0.4, 0.5) is 21.8 Å². The number of pyridine rings is 1. The van der Waals surface area contributed by atoms with E-state index in [1.165, 1.54) is 0 Å². The summed E-state index contributed by atoms with van der Waals surface area (Å²) in [5.74, 6) is -0.226. The SMILES string of the molecule is Cc1cc(Nc2ncc(F)c(C)n2)cc(-c2ccc(N[C@H]3CC[C@H](C(=O)O)CC3)nc2)c1. The van der Waals surface area contributed by atoms with Crippen molar-refractivity contribution in [2.24, 2.45) is 5.92 Å². The van der Waals surface area contributed by atoms with Gasteiger partial charge in [-0.2, -0.15) is 0 Å². The maximum absolute atomic E-state index is 13.4. The molecule has 0 bridgehead atoms. The zero-order valence-corrected chi connectivity index (χ0v) is 18.1. The van der Waals surface area contributed by atoms with Crippen LogP contribution in [0.15, 0.2) is 42.7 Å². The van der Waals surface area contributed by atoms with Crippen LogP contribution in [-0.4, -0.2) is 32.1 Å². The molecule has 2 heterocycles. The Labute approximate surface area is 186 Å². The van der Waals surface area contributed by atoms with E-state index < -0.39 is 11.8 Å². The number of hydrogen-bond acceptors (Lipinski definition) is 6. The molecule has 0 saturated heterocycles. The molecule has 4 rings (SSSR count). The van der Waals surface area contributed by atoms with E-state index in [9.17, 15) is 9.18 Å². The first-order valence-corrected chi connectivity index (χ1v) is 10.7. The number of nitrogens with zero attached hydrogens (tertiary/aromatic N) is 3. The highest BCUT2D eigenvalue weighted by atomic mass is 19.1. The van der Waals surface area contributed by atoms with Crippen molar-refractivity contribution in [2.75, 3.05) is 10.6 Å². The third-order valence-electron chi connectivity index (χ3n) is 5.78. The van der Waals surface area contributed by atoms with E-state index >= 15 is 0 Å². The number of halogens is 1. The van der Waals surface area contributed by atoms with E-state index in [1.54, 1.807) is 6.92 Å². The lowest BCUT2D eigenvalue weighted by molar-refractivity contribution is -0.142. The first kappa shape index (κ1) is 21.7. The summed E-state index contributed by atoms with van der Waals surface area (Å²) in [6, 6.07) is 10.2. The third kappa shape index (κ3) is 5.19. The van der Waals surface area contributed by atoms with Crippen molar-refractivity contribution >= 4 is 23.4 Å². The van der Waals surface area contributed by atoms with Gasteiger partial charge in [0.2, 0.25) is 5.95 Å². The molecule has 0 amide bonds. The van der Waals surface area contributed by atoms with Gasteiger partial charge in [0.25, 0.3) is 0 Å². The summed E-state index contributed by atoms with van der Waals surface area (Å²) < 4.78 is 13.4. The van der Waals surface area contributed by atoms with Crippen molar-refractivity contribution in [1.29, 1.82) is 0 Å². The minimum Gasteiger partial charge on any atom is -0.481 e. The monoisotopic (exact) mass is 435 g/mol. The van der Waals surface area contributed by atoms with Crippen LogP contribution in [0.3, 0.4) is 0 Å². The summed E-state index contributed by atoms with van der Waals surface area (Å²) in [5.41, 5.74) is 4.11. The Kier molecular flexibility index (Phi) is 6.30. The molecule has 8 heteroatoms. The molecule has 3 aromatic rings. The molecule has 0 spiro atoms. The van der Waals surface area contributed by atoms with Crippen LogP contribution >= 0.6 is 0 Å². The van der Waals surface area contributed by atoms with Crippen molar-refractivity contribution in [2.45, 2.75) is 45.6 Å². The maximum atomic E-state index is 13.4. The topological polar surface area (TPSA) is 100 Å². The Bertz CT molecular complexity index is 1110. The van der Waals surface area contributed by atoms with E-state index in [2.05, 4.69) is 31.7 Å². The molecule has 166 valence electrons. The van der Waals surface area contributed by atoms with Crippen LogP contribution in [0.25, 0.3) is 11.1 Å². The largest absolute Gasteiger partial charge is 0.481 e. The zero-order chi connectivity index (χ0) is 22.7. The zero-order valence-electron chi connectivity index (χ0n) is 18.1. The van der Waals surface area contributed by atoms with E-state index in [0.29, 0.717) is 24.5 Å². The second-order valence-electron chi connectivity index (χ2n) is 8.30. The summed E-state index contributed by atoms with van der Waals surface area (Å²) >= 11 is 0. The van der Waals surface area contributed by atoms with Crippen LogP contribution in [-0.2, 0) is 4.79 Å². The van der Waals surface area contributed by atoms with Gasteiger partial charge in [0.05, 0.1) is 17.8 Å². The van der Waals surface area contributed by atoms with Crippen LogP contribution in [0.2, 0.25) is 0 Å². The molecule has 0 atom stereocenters. The molecular formula is C24H26FN5O2. The quantitative estimate of drug-likeness (QED) is 0.496. The number of hydrogen-bond donors (Lipinski definition) is 3. The van der Waals surface area contributed by atoms with Gasteiger partial charge >= 0.3 is 5.97 Å². The average Bonchev–Trinajstić information content (AvgIpc) is 2.77. The molecule has 1 aromatic carbocycles. The van der Waals surface area contributed by atoms with Crippen molar-refractivity contribution in [1.82, 2.24) is 15.0 Å². The molecule has 1 aliphatic rings. The fourth-order valence-corrected chi connectivity index (χ4v) is 4.01. The molecule has 32 heavy (non-hydrogen) atoms. The highest BCUT2D eigenvalue weighted by molar-refractivity contribution is 5.71. The van der Waals surface area contributed by atoms with Gasteiger partial charge in [0.1, 0.15) is 5.82 Å². The lowest BCUT2D eigenvalue weighted by atomic mass is 9.86. The van der Waals surface area contributed by atoms with E-state index in [1.807, 2.05) is 37.4 Å². The average molecular weight is 436 g/mol. The van der Waals surface area contributed by atoms with Crippen LogP contribution < -0.4 is 10.6 Å². The fourth-order valence-electron chi connectivity index (χ4n) is 4.01. The van der Waals surface area contributed by atoms with Crippen molar-refractivity contribution in [3.63, 3.8) is 0 Å². The summed E-state index contributed by atoms with van der Waals surface area (Å²) in [6.45, 7) is 3.60. The normalized spacial score (nSPS) is 18.2. The fraction of sp³-hybridized carbons (Fsp3) is 0.333. The summed E-state index contributed by atoms with van der Waals surface area (Å²) in [6.07, 6.45) is 6.03. The second-order valence-corrected chi connectivity index (χ2v) is 8.30. The molecule has 1 fully saturated rings. The van der Waals surface area contributed by atoms with Crippen LogP contribution in [0.1, 0.15) is 36.9 Å². The number of carboxylic acids is 1. The first-order valence-electron chi connectivity index (χ1n) is 10.7. The van der Waals surface area contributed by atoms with Crippen LogP contribution in [0.5, 0.6) is 0 Å². The van der Waals surface area contributed by atoms with Gasteiger partial charge < -0.3 is 15.7 Å². The number of anilines is 3. The van der Waals surface area contributed by atoms with Crippen molar-refractivity contribution in [3.8, 4) is 11.1 Å². The highest BCUT2D eigenvalue weighted by Crippen LogP contribution is 2.28. The van der Waals surface area contributed by atoms with Gasteiger partial charge in [0, 0.05) is 23.5 Å². The number of carboxylic acid groups (broad SMARTS) is 1. The van der Waals surface area contributed by atoms with Crippen molar-refractivity contribution in [3.05, 3.63) is 59.8 Å². The van der Waals surface area contributed by atoms with Gasteiger partial charge in [-0.3, -0.25) is 4.79 Å². The van der Waals surface area contributed by atoms with Crippen molar-refractivity contribution < 1.29 is 14.3 Å². The molecule has 2 aromatic heterocycles. The Morgan fingerprint density at radius 2 is 1.81 bits per heavy atom. The predicted octanol–water partition coefficient (Wildman–Crippen LogP) is 5.09. The van der Waals surface area contributed by atoms with Gasteiger partial charge in [-0.25, -0.2) is 19.3 Å². The Balaban J connectivity index is 1.44. The van der Waals surface area contributed by atoms with Gasteiger partial charge in [-0.15, -0.1) is 0 Å². The molecule has 1 aliphatic carbocycles. The van der Waals surface area contributed by atoms with Gasteiger partial charge in [0.15, 0.2) is 5.82 Å². The van der Waals surface area contributed by atoms with E-state index in [-0.39, 0.29) is 12.0 Å². The number of aryl methyl sites for hydroxylation is 2. The van der Waals surface area contributed by atoms with Gasteiger partial charge in [-0.05, 0) is 74.9 Å². The van der Waals surface area contributed by atoms with E-state index in [0.717, 1.165) is 47.2 Å². The Morgan fingerprint density at radius 3 is 2.47 bits per heavy atom. The number of rotatable bonds is 6. The number of carbonyl (C=O) groups is 1. The van der Waals surface area contributed by atoms with Crippen LogP contribution in [0, 0.1) is 25.6 Å². The smallest absolute Gasteiger partial charge is 0.306 e. The molecule has 0 radical (unpaired) electrons. The Morgan fingerprint density at radius 1 is 1.03 bits per heavy atom. The number of aliphatic carboxylic acids is 1. The first-order chi connectivity index (χ1) is 15.4. The molecule has 0 aliphatic heterocycles. The predicted molar refractivity (Wildman–Crippen MR) is 121 cm³/mol. The number of benzene rings is 1. The number of nitrogens with one attached hydrogen (secondary N) is 2. The summed E-state index contributed by atoms with van der Waals surface area (Å²) in [7, 11) is 0. The van der Waals surface area contributed by atoms with E-state index in [4.69, 9.17) is 5.11 Å². The Hall–Kier alpha value is -3.55. The summed E-state index contributed by atoms with van der Waals surface area (Å²) in [4.78, 5) is 23.8. The molecule has 3 N–H and O–H groups in total. The lowest BCUT2D eigenvalue weighted by Crippen LogP contribution is -2.29.